The van der Waals surface area contributed by atoms with Crippen molar-refractivity contribution in [1.29, 1.82) is 0 Å². The first-order chi connectivity index (χ1) is 8.96. The molecule has 19 heavy (non-hydrogen) atoms. The van der Waals surface area contributed by atoms with Crippen LogP contribution in [0, 0.1) is 12.8 Å². The van der Waals surface area contributed by atoms with E-state index in [9.17, 15) is 8.42 Å². The second kappa shape index (κ2) is 6.11. The third-order valence-corrected chi connectivity index (χ3v) is 5.00. The summed E-state index contributed by atoms with van der Waals surface area (Å²) >= 11 is 5.89. The predicted molar refractivity (Wildman–Crippen MR) is 79.2 cm³/mol. The number of halogens is 1. The molecule has 4 nitrogen and oxygen atoms in total. The van der Waals surface area contributed by atoms with Crippen molar-refractivity contribution in [3.05, 3.63) is 28.8 Å². The van der Waals surface area contributed by atoms with Gasteiger partial charge >= 0.3 is 0 Å². The first-order valence-corrected chi connectivity index (χ1v) is 8.47. The van der Waals surface area contributed by atoms with Gasteiger partial charge in [0, 0.05) is 5.02 Å². The van der Waals surface area contributed by atoms with Gasteiger partial charge < -0.3 is 5.32 Å². The summed E-state index contributed by atoms with van der Waals surface area (Å²) < 4.78 is 26.9. The first-order valence-electron chi connectivity index (χ1n) is 6.44. The molecule has 2 rings (SSSR count). The first kappa shape index (κ1) is 14.6. The second-order valence-electron chi connectivity index (χ2n) is 5.06. The molecule has 0 radical (unpaired) electrons. The Hall–Kier alpha value is -0.780. The highest BCUT2D eigenvalue weighted by atomic mass is 35.5. The van der Waals surface area contributed by atoms with Crippen LogP contribution < -0.4 is 10.0 Å². The number of anilines is 1. The number of hydrogen-bond acceptors (Lipinski definition) is 3. The average molecular weight is 303 g/mol. The van der Waals surface area contributed by atoms with E-state index in [-0.39, 0.29) is 11.7 Å². The van der Waals surface area contributed by atoms with Crippen molar-refractivity contribution in [2.24, 2.45) is 5.92 Å². The molecule has 2 N–H and O–H groups in total. The average Bonchev–Trinajstić information content (AvgIpc) is 2.34. The van der Waals surface area contributed by atoms with Crippen molar-refractivity contribution in [3.8, 4) is 0 Å². The van der Waals surface area contributed by atoms with Crippen LogP contribution >= 0.6 is 11.6 Å². The zero-order valence-corrected chi connectivity index (χ0v) is 12.5. The number of hydrogen-bond donors (Lipinski definition) is 2. The summed E-state index contributed by atoms with van der Waals surface area (Å²) in [5.74, 6) is 0.345. The van der Waals surface area contributed by atoms with Crippen LogP contribution in [0.5, 0.6) is 0 Å². The number of benzene rings is 1. The van der Waals surface area contributed by atoms with E-state index < -0.39 is 10.0 Å². The molecule has 1 saturated heterocycles. The molecule has 1 aliphatic rings. The summed E-state index contributed by atoms with van der Waals surface area (Å²) in [6, 6.07) is 5.20. The van der Waals surface area contributed by atoms with Crippen LogP contribution in [0.4, 0.5) is 5.69 Å². The maximum absolute atomic E-state index is 12.1. The lowest BCUT2D eigenvalue weighted by Crippen LogP contribution is -2.35. The van der Waals surface area contributed by atoms with Gasteiger partial charge in [0.2, 0.25) is 10.0 Å². The van der Waals surface area contributed by atoms with Crippen molar-refractivity contribution >= 4 is 27.3 Å². The minimum atomic E-state index is -3.32. The Bertz CT molecular complexity index is 540. The quantitative estimate of drug-likeness (QED) is 0.898. The van der Waals surface area contributed by atoms with Gasteiger partial charge in [0.15, 0.2) is 0 Å². The van der Waals surface area contributed by atoms with E-state index >= 15 is 0 Å². The standard InChI is InChI=1S/C13H19ClN2O2S/c1-10-4-5-12(14)7-13(10)16-19(17,18)9-11-3-2-6-15-8-11/h4-5,7,11,15-16H,2-3,6,8-9H2,1H3. The van der Waals surface area contributed by atoms with Crippen molar-refractivity contribution < 1.29 is 8.42 Å². The number of rotatable bonds is 4. The lowest BCUT2D eigenvalue weighted by molar-refractivity contribution is 0.404. The van der Waals surface area contributed by atoms with Crippen molar-refractivity contribution in [2.75, 3.05) is 23.6 Å². The third-order valence-electron chi connectivity index (χ3n) is 3.32. The highest BCUT2D eigenvalue weighted by molar-refractivity contribution is 7.92. The lowest BCUT2D eigenvalue weighted by atomic mass is 10.0. The van der Waals surface area contributed by atoms with Crippen LogP contribution in [0.3, 0.4) is 0 Å². The number of nitrogens with one attached hydrogen (secondary N) is 2. The topological polar surface area (TPSA) is 58.2 Å². The van der Waals surface area contributed by atoms with E-state index in [2.05, 4.69) is 10.0 Å². The largest absolute Gasteiger partial charge is 0.316 e. The smallest absolute Gasteiger partial charge is 0.233 e. The van der Waals surface area contributed by atoms with Gasteiger partial charge in [0.05, 0.1) is 11.4 Å². The predicted octanol–water partition coefficient (Wildman–Crippen LogP) is 2.39. The molecule has 0 aliphatic carbocycles. The SMILES string of the molecule is Cc1ccc(Cl)cc1NS(=O)(=O)CC1CCCNC1. The van der Waals surface area contributed by atoms with Gasteiger partial charge in [0.1, 0.15) is 0 Å². The van der Waals surface area contributed by atoms with E-state index in [1.54, 1.807) is 12.1 Å². The Balaban J connectivity index is 2.05. The van der Waals surface area contributed by atoms with Crippen LogP contribution in [0.1, 0.15) is 18.4 Å². The third kappa shape index (κ3) is 4.37. The maximum Gasteiger partial charge on any atom is 0.233 e. The molecule has 0 spiro atoms. The summed E-state index contributed by atoms with van der Waals surface area (Å²) in [7, 11) is -3.32. The zero-order valence-electron chi connectivity index (χ0n) is 10.9. The monoisotopic (exact) mass is 302 g/mol. The number of piperidine rings is 1. The van der Waals surface area contributed by atoms with E-state index in [1.807, 2.05) is 13.0 Å². The summed E-state index contributed by atoms with van der Waals surface area (Å²) in [5.41, 5.74) is 1.44. The van der Waals surface area contributed by atoms with Gasteiger partial charge in [-0.05, 0) is 56.5 Å². The van der Waals surface area contributed by atoms with E-state index in [0.29, 0.717) is 10.7 Å². The normalized spacial score (nSPS) is 20.2. The molecule has 1 fully saturated rings. The summed E-state index contributed by atoms with van der Waals surface area (Å²) in [4.78, 5) is 0. The zero-order chi connectivity index (χ0) is 13.9. The molecular weight excluding hydrogens is 284 g/mol. The second-order valence-corrected chi connectivity index (χ2v) is 7.26. The Morgan fingerprint density at radius 1 is 1.47 bits per heavy atom. The maximum atomic E-state index is 12.1. The molecule has 106 valence electrons. The van der Waals surface area contributed by atoms with Gasteiger partial charge in [-0.15, -0.1) is 0 Å². The lowest BCUT2D eigenvalue weighted by Gasteiger charge is -2.23. The van der Waals surface area contributed by atoms with E-state index in [1.165, 1.54) is 0 Å². The van der Waals surface area contributed by atoms with Gasteiger partial charge in [-0.1, -0.05) is 17.7 Å². The number of sulfonamides is 1. The Labute approximate surface area is 119 Å². The van der Waals surface area contributed by atoms with E-state index in [4.69, 9.17) is 11.6 Å². The van der Waals surface area contributed by atoms with E-state index in [0.717, 1.165) is 31.5 Å². The van der Waals surface area contributed by atoms with Crippen molar-refractivity contribution in [3.63, 3.8) is 0 Å². The van der Waals surface area contributed by atoms with Gasteiger partial charge in [-0.2, -0.15) is 0 Å². The van der Waals surface area contributed by atoms with Crippen LogP contribution in [0.25, 0.3) is 0 Å². The fraction of sp³-hybridized carbons (Fsp3) is 0.538. The molecule has 1 aliphatic heterocycles. The van der Waals surface area contributed by atoms with Gasteiger partial charge in [0.25, 0.3) is 0 Å². The van der Waals surface area contributed by atoms with Gasteiger partial charge in [-0.3, -0.25) is 4.72 Å². The van der Waals surface area contributed by atoms with Crippen molar-refractivity contribution in [1.82, 2.24) is 5.32 Å². The highest BCUT2D eigenvalue weighted by Gasteiger charge is 2.21. The molecule has 1 aromatic carbocycles. The molecule has 1 atom stereocenters. The molecule has 0 aromatic heterocycles. The Morgan fingerprint density at radius 3 is 2.95 bits per heavy atom. The van der Waals surface area contributed by atoms with Crippen LogP contribution in [0.2, 0.25) is 5.02 Å². The Morgan fingerprint density at radius 2 is 2.26 bits per heavy atom. The minimum absolute atomic E-state index is 0.159. The fourth-order valence-electron chi connectivity index (χ4n) is 2.29. The minimum Gasteiger partial charge on any atom is -0.316 e. The van der Waals surface area contributed by atoms with Crippen LogP contribution in [0.15, 0.2) is 18.2 Å². The van der Waals surface area contributed by atoms with Crippen molar-refractivity contribution in [2.45, 2.75) is 19.8 Å². The molecule has 0 saturated carbocycles. The molecule has 1 aromatic rings. The summed E-state index contributed by atoms with van der Waals surface area (Å²) in [5, 5.41) is 3.76. The highest BCUT2D eigenvalue weighted by Crippen LogP contribution is 2.22. The molecule has 1 heterocycles. The fourth-order valence-corrected chi connectivity index (χ4v) is 4.01. The molecule has 0 amide bonds. The molecule has 1 unspecified atom stereocenters. The summed E-state index contributed by atoms with van der Waals surface area (Å²) in [6.07, 6.45) is 2.00. The molecule has 6 heteroatoms. The summed E-state index contributed by atoms with van der Waals surface area (Å²) in [6.45, 7) is 3.61. The number of aryl methyl sites for hydroxylation is 1. The van der Waals surface area contributed by atoms with Crippen LogP contribution in [-0.4, -0.2) is 27.3 Å². The van der Waals surface area contributed by atoms with Crippen LogP contribution in [-0.2, 0) is 10.0 Å². The molecular formula is C13H19ClN2O2S. The molecule has 0 bridgehead atoms. The van der Waals surface area contributed by atoms with Gasteiger partial charge in [-0.25, -0.2) is 8.42 Å². The Kier molecular flexibility index (Phi) is 4.71.